The largest absolute Gasteiger partial charge is 0.416 e. The van der Waals surface area contributed by atoms with Crippen LogP contribution in [0.15, 0.2) is 47.3 Å². The molecule has 0 spiro atoms. The molecule has 0 saturated carbocycles. The molecule has 114 valence electrons. The molecule has 0 aliphatic carbocycles. The number of nitrogens with zero attached hydrogens (tertiary/aromatic N) is 1. The van der Waals surface area contributed by atoms with E-state index in [0.717, 1.165) is 11.6 Å². The summed E-state index contributed by atoms with van der Waals surface area (Å²) in [6, 6.07) is 10.6. The van der Waals surface area contributed by atoms with Crippen LogP contribution in [0.2, 0.25) is 0 Å². The van der Waals surface area contributed by atoms with Crippen molar-refractivity contribution < 1.29 is 13.2 Å². The van der Waals surface area contributed by atoms with Gasteiger partial charge in [0, 0.05) is 0 Å². The molecular formula is C16H13F3N2O. The summed E-state index contributed by atoms with van der Waals surface area (Å²) in [6.07, 6.45) is -4.44. The van der Waals surface area contributed by atoms with Gasteiger partial charge in [-0.3, -0.25) is 4.57 Å². The van der Waals surface area contributed by atoms with Gasteiger partial charge in [-0.2, -0.15) is 13.2 Å². The first-order chi connectivity index (χ1) is 10.4. The van der Waals surface area contributed by atoms with Crippen LogP contribution in [0.5, 0.6) is 0 Å². The number of hydrogen-bond donors (Lipinski definition) is 1. The Balaban J connectivity index is 2.12. The van der Waals surface area contributed by atoms with Crippen LogP contribution in [0, 0.1) is 6.92 Å². The van der Waals surface area contributed by atoms with E-state index in [1.54, 1.807) is 12.1 Å². The number of benzene rings is 2. The van der Waals surface area contributed by atoms with Gasteiger partial charge in [-0.1, -0.05) is 24.3 Å². The molecule has 0 amide bonds. The van der Waals surface area contributed by atoms with Crippen molar-refractivity contribution in [1.29, 1.82) is 0 Å². The quantitative estimate of drug-likeness (QED) is 0.770. The lowest BCUT2D eigenvalue weighted by Gasteiger charge is -2.13. The van der Waals surface area contributed by atoms with E-state index in [9.17, 15) is 18.0 Å². The van der Waals surface area contributed by atoms with Crippen molar-refractivity contribution in [3.05, 3.63) is 69.6 Å². The minimum Gasteiger partial charge on any atom is -0.306 e. The zero-order chi connectivity index (χ0) is 15.9. The monoisotopic (exact) mass is 306 g/mol. The Bertz CT molecular complexity index is 890. The number of aromatic amines is 1. The third-order valence-electron chi connectivity index (χ3n) is 3.58. The van der Waals surface area contributed by atoms with Crippen LogP contribution in [-0.2, 0) is 12.7 Å². The van der Waals surface area contributed by atoms with E-state index in [0.29, 0.717) is 11.0 Å². The smallest absolute Gasteiger partial charge is 0.306 e. The summed E-state index contributed by atoms with van der Waals surface area (Å²) in [5.74, 6) is 0. The first kappa shape index (κ1) is 14.4. The van der Waals surface area contributed by atoms with Crippen LogP contribution in [0.3, 0.4) is 0 Å². The molecule has 0 atom stereocenters. The molecule has 0 aliphatic heterocycles. The number of aryl methyl sites for hydroxylation is 1. The average Bonchev–Trinajstić information content (AvgIpc) is 2.74. The van der Waals surface area contributed by atoms with Gasteiger partial charge in [0.25, 0.3) is 0 Å². The molecule has 0 unspecified atom stereocenters. The first-order valence-electron chi connectivity index (χ1n) is 6.70. The van der Waals surface area contributed by atoms with E-state index in [1.165, 1.54) is 22.8 Å². The summed E-state index contributed by atoms with van der Waals surface area (Å²) in [5, 5.41) is 0. The van der Waals surface area contributed by atoms with E-state index < -0.39 is 17.4 Å². The lowest BCUT2D eigenvalue weighted by atomic mass is 10.1. The molecule has 3 rings (SSSR count). The average molecular weight is 306 g/mol. The normalized spacial score (nSPS) is 12.0. The second kappa shape index (κ2) is 5.05. The summed E-state index contributed by atoms with van der Waals surface area (Å²) in [5.41, 5.74) is 1.11. The molecule has 0 saturated heterocycles. The van der Waals surface area contributed by atoms with Crippen LogP contribution in [0.4, 0.5) is 13.2 Å². The molecule has 2 aromatic carbocycles. The number of hydrogen-bond acceptors (Lipinski definition) is 1. The number of aromatic nitrogens is 2. The van der Waals surface area contributed by atoms with E-state index in [1.807, 2.05) is 13.0 Å². The van der Waals surface area contributed by atoms with Crippen LogP contribution in [0.25, 0.3) is 11.0 Å². The van der Waals surface area contributed by atoms with Crippen molar-refractivity contribution in [1.82, 2.24) is 9.55 Å². The summed E-state index contributed by atoms with van der Waals surface area (Å²) in [7, 11) is 0. The van der Waals surface area contributed by atoms with Crippen LogP contribution < -0.4 is 5.69 Å². The highest BCUT2D eigenvalue weighted by molar-refractivity contribution is 5.76. The van der Waals surface area contributed by atoms with E-state index in [2.05, 4.69) is 4.98 Å². The highest BCUT2D eigenvalue weighted by Gasteiger charge is 2.33. The van der Waals surface area contributed by atoms with Gasteiger partial charge in [0.1, 0.15) is 0 Å². The summed E-state index contributed by atoms with van der Waals surface area (Å²) < 4.78 is 40.5. The standard InChI is InChI=1S/C16H13F3N2O/c1-10-6-7-14-13(8-10)20-15(22)21(14)9-11-4-2-3-5-12(11)16(17,18)19/h2-8H,9H2,1H3,(H,20,22). The Morgan fingerprint density at radius 2 is 1.86 bits per heavy atom. The Kier molecular flexibility index (Phi) is 3.31. The Morgan fingerprint density at radius 1 is 1.14 bits per heavy atom. The van der Waals surface area contributed by atoms with E-state index in [4.69, 9.17) is 0 Å². The second-order valence-corrected chi connectivity index (χ2v) is 5.19. The zero-order valence-corrected chi connectivity index (χ0v) is 11.7. The van der Waals surface area contributed by atoms with Gasteiger partial charge in [0.05, 0.1) is 23.1 Å². The number of H-pyrrole nitrogens is 1. The van der Waals surface area contributed by atoms with Crippen molar-refractivity contribution >= 4 is 11.0 Å². The minimum atomic E-state index is -4.44. The number of rotatable bonds is 2. The molecule has 1 aromatic heterocycles. The fourth-order valence-corrected chi connectivity index (χ4v) is 2.54. The zero-order valence-electron chi connectivity index (χ0n) is 11.7. The second-order valence-electron chi connectivity index (χ2n) is 5.19. The van der Waals surface area contributed by atoms with Gasteiger partial charge in [0.2, 0.25) is 0 Å². The summed E-state index contributed by atoms with van der Waals surface area (Å²) in [4.78, 5) is 14.7. The van der Waals surface area contributed by atoms with Crippen molar-refractivity contribution in [3.63, 3.8) is 0 Å². The number of imidazole rings is 1. The van der Waals surface area contributed by atoms with Gasteiger partial charge < -0.3 is 4.98 Å². The predicted octanol–water partition coefficient (Wildman–Crippen LogP) is 3.71. The number of halogens is 3. The molecule has 1 N–H and O–H groups in total. The number of alkyl halides is 3. The Labute approximate surface area is 124 Å². The fraction of sp³-hybridized carbons (Fsp3) is 0.188. The molecule has 1 heterocycles. The van der Waals surface area contributed by atoms with Crippen molar-refractivity contribution in [3.8, 4) is 0 Å². The van der Waals surface area contributed by atoms with Gasteiger partial charge in [-0.25, -0.2) is 4.79 Å². The maximum atomic E-state index is 13.0. The molecule has 22 heavy (non-hydrogen) atoms. The third-order valence-corrected chi connectivity index (χ3v) is 3.58. The Hall–Kier alpha value is -2.50. The maximum absolute atomic E-state index is 13.0. The highest BCUT2D eigenvalue weighted by atomic mass is 19.4. The Morgan fingerprint density at radius 3 is 2.59 bits per heavy atom. The SMILES string of the molecule is Cc1ccc2c(c1)[nH]c(=O)n2Cc1ccccc1C(F)(F)F. The molecule has 0 radical (unpaired) electrons. The van der Waals surface area contributed by atoms with Gasteiger partial charge in [-0.05, 0) is 36.2 Å². The molecule has 6 heteroatoms. The van der Waals surface area contributed by atoms with Crippen molar-refractivity contribution in [2.75, 3.05) is 0 Å². The van der Waals surface area contributed by atoms with Crippen LogP contribution >= 0.6 is 0 Å². The van der Waals surface area contributed by atoms with Crippen molar-refractivity contribution in [2.45, 2.75) is 19.6 Å². The van der Waals surface area contributed by atoms with E-state index in [-0.39, 0.29) is 12.1 Å². The molecule has 3 nitrogen and oxygen atoms in total. The van der Waals surface area contributed by atoms with Crippen LogP contribution in [0.1, 0.15) is 16.7 Å². The molecular weight excluding hydrogens is 293 g/mol. The topological polar surface area (TPSA) is 37.8 Å². The van der Waals surface area contributed by atoms with Gasteiger partial charge >= 0.3 is 11.9 Å². The van der Waals surface area contributed by atoms with Gasteiger partial charge in [-0.15, -0.1) is 0 Å². The molecule has 0 fully saturated rings. The highest BCUT2D eigenvalue weighted by Crippen LogP contribution is 2.32. The lowest BCUT2D eigenvalue weighted by molar-refractivity contribution is -0.138. The predicted molar refractivity (Wildman–Crippen MR) is 77.8 cm³/mol. The molecule has 0 bridgehead atoms. The van der Waals surface area contributed by atoms with Crippen molar-refractivity contribution in [2.24, 2.45) is 0 Å². The van der Waals surface area contributed by atoms with E-state index >= 15 is 0 Å². The third kappa shape index (κ3) is 2.52. The fourth-order valence-electron chi connectivity index (χ4n) is 2.54. The maximum Gasteiger partial charge on any atom is 0.416 e. The molecule has 0 aliphatic rings. The number of nitrogens with one attached hydrogen (secondary N) is 1. The minimum absolute atomic E-state index is 0.0681. The first-order valence-corrected chi connectivity index (χ1v) is 6.70. The summed E-state index contributed by atoms with van der Waals surface area (Å²) >= 11 is 0. The molecule has 3 aromatic rings. The lowest BCUT2D eigenvalue weighted by Crippen LogP contribution is -2.19. The number of fused-ring (bicyclic) bond motifs is 1. The van der Waals surface area contributed by atoms with Gasteiger partial charge in [0.15, 0.2) is 0 Å². The van der Waals surface area contributed by atoms with Crippen LogP contribution in [-0.4, -0.2) is 9.55 Å². The summed E-state index contributed by atoms with van der Waals surface area (Å²) in [6.45, 7) is 1.76.